The monoisotopic (exact) mass is 366 g/mol. The Kier molecular flexibility index (Phi) is 4.82. The topological polar surface area (TPSA) is 44.0 Å². The largest absolute Gasteiger partial charge is 0.431 e. The first-order valence-corrected chi connectivity index (χ1v) is 10.9. The third-order valence-corrected chi connectivity index (χ3v) is 4.17. The van der Waals surface area contributed by atoms with Crippen LogP contribution in [-0.4, -0.2) is 17.2 Å². The molecule has 0 fully saturated rings. The zero-order chi connectivity index (χ0) is 19.0. The standard InChI is InChI=1S/C17H17F3N2O2Si/c1-21-14(17(18,19)20)11-15(23)22(16(21)24)13-7-5-6-12(10-13)8-9-25(2,3)4/h5-7,10-11H,1-4H3. The molecule has 0 saturated heterocycles. The van der Waals surface area contributed by atoms with Crippen LogP contribution in [0.2, 0.25) is 19.6 Å². The highest BCUT2D eigenvalue weighted by molar-refractivity contribution is 6.83. The number of alkyl halides is 3. The fraction of sp³-hybridized carbons (Fsp3) is 0.294. The first-order valence-electron chi connectivity index (χ1n) is 7.44. The molecule has 0 bridgehead atoms. The number of rotatable bonds is 1. The summed E-state index contributed by atoms with van der Waals surface area (Å²) in [6.07, 6.45) is -4.78. The predicted molar refractivity (Wildman–Crippen MR) is 92.5 cm³/mol. The molecule has 0 saturated carbocycles. The fourth-order valence-electron chi connectivity index (χ4n) is 2.12. The molecule has 0 aliphatic heterocycles. The van der Waals surface area contributed by atoms with Crippen molar-refractivity contribution < 1.29 is 13.2 Å². The summed E-state index contributed by atoms with van der Waals surface area (Å²) in [4.78, 5) is 24.4. The van der Waals surface area contributed by atoms with E-state index in [4.69, 9.17) is 0 Å². The summed E-state index contributed by atoms with van der Waals surface area (Å²) >= 11 is 0. The highest BCUT2D eigenvalue weighted by Gasteiger charge is 2.35. The molecule has 2 rings (SSSR count). The summed E-state index contributed by atoms with van der Waals surface area (Å²) in [5.74, 6) is 2.99. The van der Waals surface area contributed by atoms with E-state index >= 15 is 0 Å². The Bertz CT molecular complexity index is 986. The number of aromatic nitrogens is 2. The minimum atomic E-state index is -4.78. The summed E-state index contributed by atoms with van der Waals surface area (Å²) < 4.78 is 39.8. The second kappa shape index (κ2) is 6.41. The van der Waals surface area contributed by atoms with E-state index in [-0.39, 0.29) is 5.69 Å². The maximum Gasteiger partial charge on any atom is 0.431 e. The average molecular weight is 366 g/mol. The van der Waals surface area contributed by atoms with Crippen molar-refractivity contribution in [3.63, 3.8) is 0 Å². The van der Waals surface area contributed by atoms with Crippen LogP contribution in [0, 0.1) is 11.5 Å². The maximum atomic E-state index is 12.9. The third-order valence-electron chi connectivity index (χ3n) is 3.30. The number of hydrogen-bond donors (Lipinski definition) is 0. The fourth-order valence-corrected chi connectivity index (χ4v) is 2.64. The van der Waals surface area contributed by atoms with Crippen molar-refractivity contribution in [1.29, 1.82) is 0 Å². The van der Waals surface area contributed by atoms with Crippen LogP contribution in [0.3, 0.4) is 0 Å². The van der Waals surface area contributed by atoms with Crippen molar-refractivity contribution in [3.8, 4) is 17.2 Å². The summed E-state index contributed by atoms with van der Waals surface area (Å²) in [6, 6.07) is 6.74. The van der Waals surface area contributed by atoms with Crippen molar-refractivity contribution in [2.75, 3.05) is 0 Å². The van der Waals surface area contributed by atoms with E-state index in [2.05, 4.69) is 31.1 Å². The SMILES string of the molecule is Cn1c(C(F)(F)F)cc(=O)n(-c2cccc(C#C[Si](C)(C)C)c2)c1=O. The molecule has 8 heteroatoms. The molecule has 25 heavy (non-hydrogen) atoms. The van der Waals surface area contributed by atoms with Crippen molar-refractivity contribution >= 4 is 8.07 Å². The van der Waals surface area contributed by atoms with Crippen molar-refractivity contribution in [2.24, 2.45) is 7.05 Å². The first kappa shape index (κ1) is 18.8. The molecule has 1 aromatic carbocycles. The van der Waals surface area contributed by atoms with Gasteiger partial charge < -0.3 is 0 Å². The average Bonchev–Trinajstić information content (AvgIpc) is 2.48. The minimum Gasteiger partial charge on any atom is -0.292 e. The molecular formula is C17H17F3N2O2Si. The van der Waals surface area contributed by atoms with E-state index in [1.165, 1.54) is 12.1 Å². The van der Waals surface area contributed by atoms with E-state index in [0.717, 1.165) is 7.05 Å². The molecular weight excluding hydrogens is 349 g/mol. The number of halogens is 3. The van der Waals surface area contributed by atoms with E-state index in [9.17, 15) is 22.8 Å². The molecule has 0 radical (unpaired) electrons. The van der Waals surface area contributed by atoms with Crippen LogP contribution in [0.5, 0.6) is 0 Å². The Labute approximate surface area is 143 Å². The number of nitrogens with zero attached hydrogens (tertiary/aromatic N) is 2. The lowest BCUT2D eigenvalue weighted by Gasteiger charge is -2.14. The van der Waals surface area contributed by atoms with Crippen LogP contribution in [0.15, 0.2) is 39.9 Å². The van der Waals surface area contributed by atoms with Crippen LogP contribution in [-0.2, 0) is 13.2 Å². The van der Waals surface area contributed by atoms with Gasteiger partial charge in [-0.1, -0.05) is 31.6 Å². The first-order chi connectivity index (χ1) is 11.4. The lowest BCUT2D eigenvalue weighted by atomic mass is 10.2. The van der Waals surface area contributed by atoms with Gasteiger partial charge in [-0.15, -0.1) is 5.54 Å². The van der Waals surface area contributed by atoms with Gasteiger partial charge in [0.2, 0.25) is 0 Å². The highest BCUT2D eigenvalue weighted by Crippen LogP contribution is 2.26. The normalized spacial score (nSPS) is 11.8. The zero-order valence-electron chi connectivity index (χ0n) is 14.2. The molecule has 0 aliphatic carbocycles. The van der Waals surface area contributed by atoms with Gasteiger partial charge in [-0.2, -0.15) is 13.2 Å². The number of benzene rings is 1. The summed E-state index contributed by atoms with van der Waals surface area (Å²) in [5.41, 5.74) is 0.549. The molecule has 132 valence electrons. The van der Waals surface area contributed by atoms with Gasteiger partial charge in [0.25, 0.3) is 5.56 Å². The van der Waals surface area contributed by atoms with Crippen molar-refractivity contribution in [2.45, 2.75) is 25.8 Å². The van der Waals surface area contributed by atoms with E-state index in [1.54, 1.807) is 12.1 Å². The van der Waals surface area contributed by atoms with Crippen molar-refractivity contribution in [1.82, 2.24) is 9.13 Å². The second-order valence-electron chi connectivity index (χ2n) is 6.59. The maximum absolute atomic E-state index is 12.9. The Morgan fingerprint density at radius 3 is 2.28 bits per heavy atom. The second-order valence-corrected chi connectivity index (χ2v) is 11.3. The molecule has 0 atom stereocenters. The van der Waals surface area contributed by atoms with Crippen LogP contribution in [0.1, 0.15) is 11.3 Å². The van der Waals surface area contributed by atoms with Gasteiger partial charge in [0.1, 0.15) is 13.8 Å². The molecule has 0 spiro atoms. The molecule has 0 unspecified atom stereocenters. The van der Waals surface area contributed by atoms with Gasteiger partial charge in [0.05, 0.1) is 5.69 Å². The van der Waals surface area contributed by atoms with Gasteiger partial charge in [-0.3, -0.25) is 9.36 Å². The number of hydrogen-bond acceptors (Lipinski definition) is 2. The van der Waals surface area contributed by atoms with Crippen LogP contribution < -0.4 is 11.2 Å². The Morgan fingerprint density at radius 1 is 1.08 bits per heavy atom. The zero-order valence-corrected chi connectivity index (χ0v) is 15.2. The lowest BCUT2D eigenvalue weighted by Crippen LogP contribution is -2.40. The highest BCUT2D eigenvalue weighted by atomic mass is 28.3. The lowest BCUT2D eigenvalue weighted by molar-refractivity contribution is -0.144. The minimum absolute atomic E-state index is 0.182. The smallest absolute Gasteiger partial charge is 0.292 e. The van der Waals surface area contributed by atoms with E-state index in [0.29, 0.717) is 20.8 Å². The Hall–Kier alpha value is -2.53. The van der Waals surface area contributed by atoms with E-state index < -0.39 is 31.2 Å². The molecule has 0 amide bonds. The predicted octanol–water partition coefficient (Wildman–Crippen LogP) is 2.78. The Balaban J connectivity index is 2.65. The summed E-state index contributed by atoms with van der Waals surface area (Å²) in [5, 5.41) is 0. The van der Waals surface area contributed by atoms with E-state index in [1.807, 2.05) is 0 Å². The molecule has 4 nitrogen and oxygen atoms in total. The van der Waals surface area contributed by atoms with Crippen LogP contribution in [0.25, 0.3) is 5.69 Å². The quantitative estimate of drug-likeness (QED) is 0.575. The molecule has 0 N–H and O–H groups in total. The molecule has 2 aromatic rings. The molecule has 1 aromatic heterocycles. The van der Waals surface area contributed by atoms with Gasteiger partial charge in [-0.05, 0) is 18.2 Å². The van der Waals surface area contributed by atoms with Gasteiger partial charge in [-0.25, -0.2) is 9.36 Å². The summed E-state index contributed by atoms with van der Waals surface area (Å²) in [6.45, 7) is 6.21. The van der Waals surface area contributed by atoms with Gasteiger partial charge in [0.15, 0.2) is 0 Å². The van der Waals surface area contributed by atoms with Crippen LogP contribution >= 0.6 is 0 Å². The third kappa shape index (κ3) is 4.31. The van der Waals surface area contributed by atoms with Crippen LogP contribution in [0.4, 0.5) is 13.2 Å². The Morgan fingerprint density at radius 2 is 1.72 bits per heavy atom. The molecule has 0 aliphatic rings. The van der Waals surface area contributed by atoms with Crippen molar-refractivity contribution in [3.05, 3.63) is 62.4 Å². The summed E-state index contributed by atoms with van der Waals surface area (Å²) in [7, 11) is -0.634. The van der Waals surface area contributed by atoms with Gasteiger partial charge >= 0.3 is 11.9 Å². The molecule has 1 heterocycles. The van der Waals surface area contributed by atoms with Gasteiger partial charge in [0, 0.05) is 18.7 Å².